The van der Waals surface area contributed by atoms with Crippen molar-refractivity contribution in [3.8, 4) is 0 Å². The molecule has 2 N–H and O–H groups in total. The van der Waals surface area contributed by atoms with Gasteiger partial charge in [-0.2, -0.15) is 4.72 Å². The number of esters is 1. The predicted molar refractivity (Wildman–Crippen MR) is 70.9 cm³/mol. The lowest BCUT2D eigenvalue weighted by atomic mass is 10.2. The number of ether oxygens (including phenoxy) is 1. The molecule has 1 aromatic rings. The minimum absolute atomic E-state index is 0.209. The minimum atomic E-state index is -4.06. The van der Waals surface area contributed by atoms with Crippen molar-refractivity contribution < 1.29 is 27.9 Å². The smallest absolute Gasteiger partial charge is 0.321 e. The first kappa shape index (κ1) is 17.1. The Kier molecular flexibility index (Phi) is 5.85. The number of methoxy groups -OCH3 is 1. The molecule has 1 aromatic heterocycles. The Labute approximate surface area is 122 Å². The highest BCUT2D eigenvalue weighted by Crippen LogP contribution is 2.09. The third kappa shape index (κ3) is 4.83. The van der Waals surface area contributed by atoms with Crippen molar-refractivity contribution in [2.45, 2.75) is 37.4 Å². The molecule has 1 rings (SSSR count). The standard InChI is InChI=1S/C11H17N3O6S/c1-3-14-6-9(12-7-14)21(18,19)13-8(11(16)17)4-5-10(15)20-2/h6-8,13H,3-5H2,1-2H3,(H,16,17). The second-order valence-corrected chi connectivity index (χ2v) is 5.83. The number of carbonyl (C=O) groups is 2. The number of aliphatic carboxylic acids is 1. The number of nitrogens with zero attached hydrogens (tertiary/aromatic N) is 2. The van der Waals surface area contributed by atoms with Gasteiger partial charge in [0, 0.05) is 19.2 Å². The van der Waals surface area contributed by atoms with Crippen LogP contribution in [0.15, 0.2) is 17.6 Å². The summed E-state index contributed by atoms with van der Waals surface area (Å²) in [5, 5.41) is 8.75. The van der Waals surface area contributed by atoms with Gasteiger partial charge in [-0.05, 0) is 13.3 Å². The van der Waals surface area contributed by atoms with E-state index in [1.165, 1.54) is 19.6 Å². The predicted octanol–water partition coefficient (Wildman–Crippen LogP) is -0.412. The van der Waals surface area contributed by atoms with Gasteiger partial charge in [0.25, 0.3) is 10.0 Å². The zero-order chi connectivity index (χ0) is 16.0. The van der Waals surface area contributed by atoms with Crippen LogP contribution in [0.3, 0.4) is 0 Å². The number of aromatic nitrogens is 2. The number of rotatable bonds is 8. The Hall–Kier alpha value is -1.94. The van der Waals surface area contributed by atoms with E-state index in [0.29, 0.717) is 6.54 Å². The molecule has 0 spiro atoms. The SMILES string of the molecule is CCn1cnc(S(=O)(=O)NC(CCC(=O)OC)C(=O)O)c1. The summed E-state index contributed by atoms with van der Waals surface area (Å²) < 4.78 is 32.0. The fourth-order valence-electron chi connectivity index (χ4n) is 1.50. The van der Waals surface area contributed by atoms with Gasteiger partial charge in [-0.15, -0.1) is 0 Å². The summed E-state index contributed by atoms with van der Waals surface area (Å²) in [6.45, 7) is 2.34. The van der Waals surface area contributed by atoms with Crippen LogP contribution in [-0.4, -0.2) is 48.2 Å². The minimum Gasteiger partial charge on any atom is -0.480 e. The number of sulfonamides is 1. The van der Waals surface area contributed by atoms with E-state index in [9.17, 15) is 18.0 Å². The fourth-order valence-corrected chi connectivity index (χ4v) is 2.67. The molecule has 1 unspecified atom stereocenters. The van der Waals surface area contributed by atoms with Crippen molar-refractivity contribution in [2.75, 3.05) is 7.11 Å². The van der Waals surface area contributed by atoms with Crippen LogP contribution in [0.2, 0.25) is 0 Å². The molecular formula is C11H17N3O6S. The van der Waals surface area contributed by atoms with E-state index in [-0.39, 0.29) is 17.9 Å². The van der Waals surface area contributed by atoms with E-state index in [1.54, 1.807) is 4.57 Å². The molecule has 0 aliphatic heterocycles. The summed E-state index contributed by atoms with van der Waals surface area (Å²) in [5.74, 6) is -1.99. The third-order valence-electron chi connectivity index (χ3n) is 2.71. The van der Waals surface area contributed by atoms with Crippen LogP contribution in [0.4, 0.5) is 0 Å². The Bertz CT molecular complexity index is 609. The highest BCUT2D eigenvalue weighted by Gasteiger charge is 2.27. The van der Waals surface area contributed by atoms with Crippen molar-refractivity contribution in [1.82, 2.24) is 14.3 Å². The number of carboxylic acids is 1. The third-order valence-corrected chi connectivity index (χ3v) is 4.07. The Morgan fingerprint density at radius 3 is 2.67 bits per heavy atom. The van der Waals surface area contributed by atoms with Gasteiger partial charge in [0.15, 0.2) is 5.03 Å². The van der Waals surface area contributed by atoms with Gasteiger partial charge in [-0.3, -0.25) is 9.59 Å². The van der Waals surface area contributed by atoms with E-state index in [0.717, 1.165) is 0 Å². The summed E-state index contributed by atoms with van der Waals surface area (Å²) in [6.07, 6.45) is 2.20. The first-order chi connectivity index (χ1) is 9.80. The lowest BCUT2D eigenvalue weighted by Gasteiger charge is -2.12. The van der Waals surface area contributed by atoms with Crippen molar-refractivity contribution in [3.05, 3.63) is 12.5 Å². The molecule has 118 valence electrons. The largest absolute Gasteiger partial charge is 0.480 e. The van der Waals surface area contributed by atoms with Crippen LogP contribution in [0.1, 0.15) is 19.8 Å². The van der Waals surface area contributed by atoms with Crippen LogP contribution in [0, 0.1) is 0 Å². The summed E-state index contributed by atoms with van der Waals surface area (Å²) >= 11 is 0. The average molecular weight is 319 g/mol. The number of carbonyl (C=O) groups excluding carboxylic acids is 1. The number of nitrogens with one attached hydrogen (secondary N) is 1. The highest BCUT2D eigenvalue weighted by molar-refractivity contribution is 7.89. The van der Waals surface area contributed by atoms with Gasteiger partial charge in [-0.1, -0.05) is 0 Å². The molecule has 0 saturated carbocycles. The molecule has 1 atom stereocenters. The van der Waals surface area contributed by atoms with Gasteiger partial charge < -0.3 is 14.4 Å². The van der Waals surface area contributed by atoms with Gasteiger partial charge >= 0.3 is 11.9 Å². The lowest BCUT2D eigenvalue weighted by Crippen LogP contribution is -2.41. The summed E-state index contributed by atoms with van der Waals surface area (Å²) in [7, 11) is -2.90. The van der Waals surface area contributed by atoms with Gasteiger partial charge in [-0.25, -0.2) is 13.4 Å². The summed E-state index contributed by atoms with van der Waals surface area (Å²) in [5.41, 5.74) is 0. The number of imidazole rings is 1. The van der Waals surface area contributed by atoms with Crippen LogP contribution in [0.5, 0.6) is 0 Å². The van der Waals surface area contributed by atoms with Crippen LogP contribution >= 0.6 is 0 Å². The number of carboxylic acid groups (broad SMARTS) is 1. The average Bonchev–Trinajstić information content (AvgIpc) is 2.92. The maximum atomic E-state index is 12.0. The monoisotopic (exact) mass is 319 g/mol. The fraction of sp³-hybridized carbons (Fsp3) is 0.545. The van der Waals surface area contributed by atoms with Crippen LogP contribution < -0.4 is 4.72 Å². The zero-order valence-corrected chi connectivity index (χ0v) is 12.5. The van der Waals surface area contributed by atoms with Crippen LogP contribution in [-0.2, 0) is 30.9 Å². The molecule has 0 aliphatic rings. The van der Waals surface area contributed by atoms with E-state index in [4.69, 9.17) is 5.11 Å². The molecule has 0 saturated heterocycles. The topological polar surface area (TPSA) is 128 Å². The summed E-state index contributed by atoms with van der Waals surface area (Å²) in [6, 6.07) is -1.43. The van der Waals surface area contributed by atoms with Crippen molar-refractivity contribution in [1.29, 1.82) is 0 Å². The quantitative estimate of drug-likeness (QED) is 0.623. The molecule has 0 aromatic carbocycles. The number of aryl methyl sites for hydroxylation is 1. The van der Waals surface area contributed by atoms with Crippen LogP contribution in [0.25, 0.3) is 0 Å². The molecule has 21 heavy (non-hydrogen) atoms. The molecule has 0 amide bonds. The van der Waals surface area contributed by atoms with E-state index in [1.807, 2.05) is 11.6 Å². The molecule has 0 radical (unpaired) electrons. The number of hydrogen-bond donors (Lipinski definition) is 2. The van der Waals surface area contributed by atoms with Crippen molar-refractivity contribution >= 4 is 22.0 Å². The maximum Gasteiger partial charge on any atom is 0.321 e. The molecule has 9 nitrogen and oxygen atoms in total. The first-order valence-electron chi connectivity index (χ1n) is 6.14. The molecular weight excluding hydrogens is 302 g/mol. The summed E-state index contributed by atoms with van der Waals surface area (Å²) in [4.78, 5) is 25.8. The molecule has 1 heterocycles. The van der Waals surface area contributed by atoms with Crippen molar-refractivity contribution in [3.63, 3.8) is 0 Å². The second-order valence-electron chi connectivity index (χ2n) is 4.17. The Balaban J connectivity index is 2.82. The maximum absolute atomic E-state index is 12.0. The van der Waals surface area contributed by atoms with Crippen molar-refractivity contribution in [2.24, 2.45) is 0 Å². The van der Waals surface area contributed by atoms with E-state index in [2.05, 4.69) is 9.72 Å². The van der Waals surface area contributed by atoms with E-state index >= 15 is 0 Å². The Morgan fingerprint density at radius 1 is 1.52 bits per heavy atom. The molecule has 0 bridgehead atoms. The molecule has 0 fully saturated rings. The lowest BCUT2D eigenvalue weighted by molar-refractivity contribution is -0.142. The Morgan fingerprint density at radius 2 is 2.19 bits per heavy atom. The highest BCUT2D eigenvalue weighted by atomic mass is 32.2. The molecule has 10 heteroatoms. The first-order valence-corrected chi connectivity index (χ1v) is 7.62. The van der Waals surface area contributed by atoms with Gasteiger partial charge in [0.05, 0.1) is 13.4 Å². The molecule has 0 aliphatic carbocycles. The van der Waals surface area contributed by atoms with Gasteiger partial charge in [0.1, 0.15) is 6.04 Å². The second kappa shape index (κ2) is 7.18. The van der Waals surface area contributed by atoms with Gasteiger partial charge in [0.2, 0.25) is 0 Å². The normalized spacial score (nSPS) is 12.9. The number of hydrogen-bond acceptors (Lipinski definition) is 6. The van der Waals surface area contributed by atoms with E-state index < -0.39 is 28.0 Å². The zero-order valence-electron chi connectivity index (χ0n) is 11.6.